The van der Waals surface area contributed by atoms with Crippen LogP contribution in [-0.4, -0.2) is 54.7 Å². The van der Waals surface area contributed by atoms with E-state index in [4.69, 9.17) is 0 Å². The Labute approximate surface area is 175 Å². The predicted octanol–water partition coefficient (Wildman–Crippen LogP) is 2.95. The van der Waals surface area contributed by atoms with E-state index < -0.39 is 10.0 Å². The first-order chi connectivity index (χ1) is 13.8. The molecule has 2 aliphatic heterocycles. The molecule has 2 aromatic rings. The Morgan fingerprint density at radius 2 is 1.97 bits per heavy atom. The van der Waals surface area contributed by atoms with Gasteiger partial charge in [-0.1, -0.05) is 6.42 Å². The van der Waals surface area contributed by atoms with Crippen LogP contribution < -0.4 is 5.32 Å². The van der Waals surface area contributed by atoms with E-state index in [0.717, 1.165) is 44.5 Å². The van der Waals surface area contributed by atoms with Gasteiger partial charge in [0.2, 0.25) is 10.0 Å². The van der Waals surface area contributed by atoms with Crippen LogP contribution in [0.15, 0.2) is 29.2 Å². The summed E-state index contributed by atoms with van der Waals surface area (Å²) < 4.78 is 27.4. The van der Waals surface area contributed by atoms with Gasteiger partial charge in [-0.25, -0.2) is 13.4 Å². The number of amides is 1. The number of carbonyl (C=O) groups excluding carboxylic acids is 1. The zero-order chi connectivity index (χ0) is 20.6. The standard InChI is InChI=1S/C20H26N4O3S2/c1-14-5-3-4-11-24(14)29(26,27)16-8-6-15(7-9-16)19(25)22-20-21-17-10-12-23(2)13-18(17)28-20/h6-9,14H,3-5,10-13H2,1-2H3,(H,21,22,25)/t14-/m0/s1. The summed E-state index contributed by atoms with van der Waals surface area (Å²) in [7, 11) is -1.46. The molecule has 1 atom stereocenters. The van der Waals surface area contributed by atoms with Crippen molar-refractivity contribution in [3.05, 3.63) is 40.4 Å². The zero-order valence-corrected chi connectivity index (χ0v) is 18.4. The van der Waals surface area contributed by atoms with Crippen molar-refractivity contribution >= 4 is 32.4 Å². The van der Waals surface area contributed by atoms with Crippen LogP contribution in [0.4, 0.5) is 5.13 Å². The number of fused-ring (bicyclic) bond motifs is 1. The Morgan fingerprint density at radius 1 is 1.21 bits per heavy atom. The summed E-state index contributed by atoms with van der Waals surface area (Å²) in [4.78, 5) is 20.8. The summed E-state index contributed by atoms with van der Waals surface area (Å²) in [5.41, 5.74) is 1.47. The second-order valence-electron chi connectivity index (χ2n) is 7.82. The highest BCUT2D eigenvalue weighted by atomic mass is 32.2. The molecule has 1 amide bonds. The first-order valence-electron chi connectivity index (χ1n) is 9.95. The number of anilines is 1. The van der Waals surface area contributed by atoms with Gasteiger partial charge in [0.1, 0.15) is 0 Å². The minimum Gasteiger partial charge on any atom is -0.301 e. The molecule has 29 heavy (non-hydrogen) atoms. The van der Waals surface area contributed by atoms with Crippen molar-refractivity contribution in [1.82, 2.24) is 14.2 Å². The molecule has 3 heterocycles. The van der Waals surface area contributed by atoms with Gasteiger partial charge in [-0.2, -0.15) is 4.31 Å². The van der Waals surface area contributed by atoms with Crippen molar-refractivity contribution < 1.29 is 13.2 Å². The number of thiazole rings is 1. The third-order valence-corrected chi connectivity index (χ3v) is 8.63. The molecule has 1 saturated heterocycles. The molecule has 1 aromatic heterocycles. The number of hydrogen-bond acceptors (Lipinski definition) is 6. The molecule has 0 radical (unpaired) electrons. The molecular weight excluding hydrogens is 408 g/mol. The van der Waals surface area contributed by atoms with E-state index in [0.29, 0.717) is 17.2 Å². The molecule has 1 aromatic carbocycles. The van der Waals surface area contributed by atoms with E-state index in [1.807, 2.05) is 6.92 Å². The van der Waals surface area contributed by atoms with Gasteiger partial charge in [-0.05, 0) is 51.1 Å². The van der Waals surface area contributed by atoms with Crippen LogP contribution in [0.5, 0.6) is 0 Å². The quantitative estimate of drug-likeness (QED) is 0.800. The fraction of sp³-hybridized carbons (Fsp3) is 0.500. The molecule has 156 valence electrons. The molecular formula is C20H26N4O3S2. The van der Waals surface area contributed by atoms with Crippen LogP contribution in [0.3, 0.4) is 0 Å². The number of carbonyl (C=O) groups is 1. The number of rotatable bonds is 4. The van der Waals surface area contributed by atoms with Crippen molar-refractivity contribution in [3.8, 4) is 0 Å². The molecule has 0 aliphatic carbocycles. The average molecular weight is 435 g/mol. The second kappa shape index (κ2) is 8.14. The second-order valence-corrected chi connectivity index (χ2v) is 10.8. The lowest BCUT2D eigenvalue weighted by Gasteiger charge is -2.32. The Kier molecular flexibility index (Phi) is 5.74. The van der Waals surface area contributed by atoms with Crippen LogP contribution in [0.1, 0.15) is 47.1 Å². The van der Waals surface area contributed by atoms with Crippen molar-refractivity contribution in [2.24, 2.45) is 0 Å². The largest absolute Gasteiger partial charge is 0.301 e. The van der Waals surface area contributed by atoms with Crippen LogP contribution >= 0.6 is 11.3 Å². The number of likely N-dealkylation sites (N-methyl/N-ethyl adjacent to an activating group) is 1. The fourth-order valence-electron chi connectivity index (χ4n) is 3.89. The normalized spacial score (nSPS) is 21.0. The highest BCUT2D eigenvalue weighted by Crippen LogP contribution is 2.28. The van der Waals surface area contributed by atoms with Crippen LogP contribution in [0.2, 0.25) is 0 Å². The van der Waals surface area contributed by atoms with Gasteiger partial charge in [0.25, 0.3) is 5.91 Å². The number of nitrogens with one attached hydrogen (secondary N) is 1. The van der Waals surface area contributed by atoms with Gasteiger partial charge in [-0.15, -0.1) is 11.3 Å². The number of piperidine rings is 1. The minimum absolute atomic E-state index is 0.00621. The van der Waals surface area contributed by atoms with Gasteiger partial charge >= 0.3 is 0 Å². The van der Waals surface area contributed by atoms with Gasteiger partial charge in [-0.3, -0.25) is 10.1 Å². The molecule has 0 bridgehead atoms. The van der Waals surface area contributed by atoms with E-state index in [2.05, 4.69) is 22.2 Å². The van der Waals surface area contributed by atoms with Gasteiger partial charge in [0.15, 0.2) is 5.13 Å². The third kappa shape index (κ3) is 4.23. The maximum atomic E-state index is 12.9. The molecule has 1 N–H and O–H groups in total. The highest BCUT2D eigenvalue weighted by Gasteiger charge is 2.31. The molecule has 0 saturated carbocycles. The lowest BCUT2D eigenvalue weighted by Crippen LogP contribution is -2.41. The molecule has 7 nitrogen and oxygen atoms in total. The Hall–Kier alpha value is -1.81. The van der Waals surface area contributed by atoms with Crippen LogP contribution in [-0.2, 0) is 23.0 Å². The number of aromatic nitrogens is 1. The van der Waals surface area contributed by atoms with Crippen molar-refractivity contribution in [1.29, 1.82) is 0 Å². The maximum absolute atomic E-state index is 12.9. The highest BCUT2D eigenvalue weighted by molar-refractivity contribution is 7.89. The summed E-state index contributed by atoms with van der Waals surface area (Å²) in [5, 5.41) is 3.44. The lowest BCUT2D eigenvalue weighted by molar-refractivity contribution is 0.102. The number of benzene rings is 1. The maximum Gasteiger partial charge on any atom is 0.257 e. The van der Waals surface area contributed by atoms with Crippen molar-refractivity contribution in [3.63, 3.8) is 0 Å². The number of hydrogen-bond donors (Lipinski definition) is 1. The van der Waals surface area contributed by atoms with Gasteiger partial charge in [0, 0.05) is 42.5 Å². The van der Waals surface area contributed by atoms with E-state index in [9.17, 15) is 13.2 Å². The predicted molar refractivity (Wildman–Crippen MR) is 114 cm³/mol. The molecule has 0 spiro atoms. The molecule has 9 heteroatoms. The van der Waals surface area contributed by atoms with Crippen molar-refractivity contribution in [2.45, 2.75) is 50.1 Å². The van der Waals surface area contributed by atoms with Gasteiger partial charge in [0.05, 0.1) is 10.6 Å². The van der Waals surface area contributed by atoms with Gasteiger partial charge < -0.3 is 4.90 Å². The van der Waals surface area contributed by atoms with Crippen LogP contribution in [0.25, 0.3) is 0 Å². The van der Waals surface area contributed by atoms with E-state index >= 15 is 0 Å². The minimum atomic E-state index is -3.53. The monoisotopic (exact) mass is 434 g/mol. The first kappa shape index (κ1) is 20.5. The summed E-state index contributed by atoms with van der Waals surface area (Å²) in [6.45, 7) is 4.32. The molecule has 1 fully saturated rings. The lowest BCUT2D eigenvalue weighted by atomic mass is 10.1. The number of sulfonamides is 1. The Morgan fingerprint density at radius 3 is 2.69 bits per heavy atom. The van der Waals surface area contributed by atoms with E-state index in [1.54, 1.807) is 16.4 Å². The summed E-state index contributed by atoms with van der Waals surface area (Å²) in [6, 6.07) is 6.18. The van der Waals surface area contributed by atoms with E-state index in [1.165, 1.54) is 28.3 Å². The first-order valence-corrected chi connectivity index (χ1v) is 12.2. The topological polar surface area (TPSA) is 82.6 Å². The van der Waals surface area contributed by atoms with Crippen molar-refractivity contribution in [2.75, 3.05) is 25.5 Å². The molecule has 0 unspecified atom stereocenters. The SMILES string of the molecule is C[C@H]1CCCCN1S(=O)(=O)c1ccc(C(=O)Nc2nc3c(s2)CN(C)CC3)cc1. The Bertz CT molecular complexity index is 1000. The zero-order valence-electron chi connectivity index (χ0n) is 16.7. The smallest absolute Gasteiger partial charge is 0.257 e. The van der Waals surface area contributed by atoms with Crippen LogP contribution in [0, 0.1) is 0 Å². The number of nitrogens with zero attached hydrogens (tertiary/aromatic N) is 3. The molecule has 2 aliphatic rings. The summed E-state index contributed by atoms with van der Waals surface area (Å²) in [6.07, 6.45) is 3.72. The average Bonchev–Trinajstić information content (AvgIpc) is 3.09. The Balaban J connectivity index is 1.47. The van der Waals surface area contributed by atoms with E-state index in [-0.39, 0.29) is 16.8 Å². The summed E-state index contributed by atoms with van der Waals surface area (Å²) >= 11 is 1.50. The molecule has 4 rings (SSSR count). The summed E-state index contributed by atoms with van der Waals surface area (Å²) in [5.74, 6) is -0.278. The fourth-order valence-corrected chi connectivity index (χ4v) is 6.67. The third-order valence-electron chi connectivity index (χ3n) is 5.61.